The zero-order valence-electron chi connectivity index (χ0n) is 11.6. The van der Waals surface area contributed by atoms with Gasteiger partial charge in [-0.15, -0.1) is 0 Å². The molecule has 2 N–H and O–H groups in total. The average molecular weight is 263 g/mol. The summed E-state index contributed by atoms with van der Waals surface area (Å²) in [5.74, 6) is 0. The van der Waals surface area contributed by atoms with Crippen LogP contribution in [0.4, 0.5) is 11.4 Å². The van der Waals surface area contributed by atoms with Crippen LogP contribution in [0, 0.1) is 11.3 Å². The molecule has 2 aromatic carbocycles. The Morgan fingerprint density at radius 1 is 0.900 bits per heavy atom. The maximum absolute atomic E-state index is 9.18. The molecule has 2 aromatic rings. The maximum Gasteiger partial charge on any atom is 0.0998 e. The average Bonchev–Trinajstić information content (AvgIpc) is 2.53. The Morgan fingerprint density at radius 2 is 1.55 bits per heavy atom. The number of hydrogen-bond donors (Lipinski definition) is 2. The Balaban J connectivity index is 2.24. The molecule has 0 aliphatic rings. The number of rotatable bonds is 4. The lowest BCUT2D eigenvalue weighted by Crippen LogP contribution is -1.90. The lowest BCUT2D eigenvalue weighted by molar-refractivity contribution is 1.44. The smallest absolute Gasteiger partial charge is 0.0998 e. The van der Waals surface area contributed by atoms with Crippen molar-refractivity contribution in [2.75, 3.05) is 24.7 Å². The number of nitriles is 1. The minimum absolute atomic E-state index is 0.667. The largest absolute Gasteiger partial charge is 0.388 e. The van der Waals surface area contributed by atoms with E-state index in [1.54, 1.807) is 0 Å². The van der Waals surface area contributed by atoms with E-state index in [9.17, 15) is 5.26 Å². The standard InChI is InChI=1S/C17H17N3/c1-19-16-8-4-13(5-9-16)3-6-14-7-10-17(20-2)11-15(14)12-18/h3-11,19-20H,1-2H3. The molecule has 20 heavy (non-hydrogen) atoms. The highest BCUT2D eigenvalue weighted by molar-refractivity contribution is 5.74. The van der Waals surface area contributed by atoms with Gasteiger partial charge in [-0.05, 0) is 35.4 Å². The molecular weight excluding hydrogens is 246 g/mol. The molecule has 2 rings (SSSR count). The maximum atomic E-state index is 9.18. The molecule has 0 amide bonds. The van der Waals surface area contributed by atoms with Crippen LogP contribution in [-0.4, -0.2) is 14.1 Å². The van der Waals surface area contributed by atoms with Crippen LogP contribution in [0.3, 0.4) is 0 Å². The Hall–Kier alpha value is -2.73. The number of nitrogens with zero attached hydrogens (tertiary/aromatic N) is 1. The Bertz CT molecular complexity index is 649. The van der Waals surface area contributed by atoms with Gasteiger partial charge in [0.2, 0.25) is 0 Å². The van der Waals surface area contributed by atoms with Crippen molar-refractivity contribution in [3.63, 3.8) is 0 Å². The molecule has 0 aromatic heterocycles. The molecule has 0 aliphatic heterocycles. The molecule has 3 nitrogen and oxygen atoms in total. The van der Waals surface area contributed by atoms with Crippen molar-refractivity contribution in [3.8, 4) is 6.07 Å². The van der Waals surface area contributed by atoms with Gasteiger partial charge in [-0.1, -0.05) is 30.4 Å². The van der Waals surface area contributed by atoms with E-state index < -0.39 is 0 Å². The first-order valence-corrected chi connectivity index (χ1v) is 6.44. The van der Waals surface area contributed by atoms with E-state index in [1.165, 1.54) is 0 Å². The van der Waals surface area contributed by atoms with E-state index in [2.05, 4.69) is 16.7 Å². The first kappa shape index (κ1) is 13.7. The summed E-state index contributed by atoms with van der Waals surface area (Å²) in [6, 6.07) is 16.1. The van der Waals surface area contributed by atoms with Gasteiger partial charge in [0.1, 0.15) is 0 Å². The highest BCUT2D eigenvalue weighted by Crippen LogP contribution is 2.18. The number of benzene rings is 2. The van der Waals surface area contributed by atoms with Crippen molar-refractivity contribution in [2.45, 2.75) is 0 Å². The van der Waals surface area contributed by atoms with Crippen molar-refractivity contribution < 1.29 is 0 Å². The molecule has 0 fully saturated rings. The molecule has 100 valence electrons. The summed E-state index contributed by atoms with van der Waals surface area (Å²) in [4.78, 5) is 0. The molecule has 0 spiro atoms. The van der Waals surface area contributed by atoms with Crippen LogP contribution < -0.4 is 10.6 Å². The molecule has 0 saturated carbocycles. The summed E-state index contributed by atoms with van der Waals surface area (Å²) in [5, 5.41) is 15.3. The summed E-state index contributed by atoms with van der Waals surface area (Å²) in [7, 11) is 3.74. The van der Waals surface area contributed by atoms with Crippen molar-refractivity contribution in [1.82, 2.24) is 0 Å². The molecule has 3 heteroatoms. The molecule has 0 unspecified atom stereocenters. The Morgan fingerprint density at radius 3 is 2.15 bits per heavy atom. The summed E-state index contributed by atoms with van der Waals surface area (Å²) in [5.41, 5.74) is 4.71. The predicted octanol–water partition coefficient (Wildman–Crippen LogP) is 3.81. The Kier molecular flexibility index (Phi) is 4.41. The van der Waals surface area contributed by atoms with E-state index in [4.69, 9.17) is 0 Å². The van der Waals surface area contributed by atoms with Gasteiger partial charge in [-0.25, -0.2) is 0 Å². The number of nitrogens with one attached hydrogen (secondary N) is 2. The first-order valence-electron chi connectivity index (χ1n) is 6.44. The van der Waals surface area contributed by atoms with E-state index >= 15 is 0 Å². The minimum Gasteiger partial charge on any atom is -0.388 e. The van der Waals surface area contributed by atoms with E-state index in [0.717, 1.165) is 22.5 Å². The van der Waals surface area contributed by atoms with Crippen molar-refractivity contribution in [3.05, 3.63) is 59.2 Å². The van der Waals surface area contributed by atoms with Crippen molar-refractivity contribution in [1.29, 1.82) is 5.26 Å². The first-order chi connectivity index (χ1) is 9.76. The molecule has 0 bridgehead atoms. The lowest BCUT2D eigenvalue weighted by atomic mass is 10.1. The fourth-order valence-corrected chi connectivity index (χ4v) is 1.90. The van der Waals surface area contributed by atoms with Crippen LogP contribution in [0.5, 0.6) is 0 Å². The van der Waals surface area contributed by atoms with Crippen LogP contribution in [0.2, 0.25) is 0 Å². The SMILES string of the molecule is CNc1ccc(C=Cc2ccc(NC)cc2C#N)cc1. The molecule has 0 radical (unpaired) electrons. The second kappa shape index (κ2) is 6.44. The number of hydrogen-bond acceptors (Lipinski definition) is 3. The fourth-order valence-electron chi connectivity index (χ4n) is 1.90. The van der Waals surface area contributed by atoms with Gasteiger partial charge >= 0.3 is 0 Å². The third-order valence-corrected chi connectivity index (χ3v) is 3.12. The highest BCUT2D eigenvalue weighted by atomic mass is 14.8. The van der Waals surface area contributed by atoms with Gasteiger partial charge in [0.25, 0.3) is 0 Å². The summed E-state index contributed by atoms with van der Waals surface area (Å²) >= 11 is 0. The molecule has 0 heterocycles. The lowest BCUT2D eigenvalue weighted by Gasteiger charge is -2.03. The molecule has 0 aliphatic carbocycles. The van der Waals surface area contributed by atoms with Crippen molar-refractivity contribution in [2.24, 2.45) is 0 Å². The quantitative estimate of drug-likeness (QED) is 0.824. The molecule has 0 atom stereocenters. The highest BCUT2D eigenvalue weighted by Gasteiger charge is 2.00. The number of anilines is 2. The second-order valence-electron chi connectivity index (χ2n) is 4.37. The van der Waals surface area contributed by atoms with E-state index in [1.807, 2.05) is 68.7 Å². The zero-order chi connectivity index (χ0) is 14.4. The Labute approximate surface area is 119 Å². The van der Waals surface area contributed by atoms with Crippen LogP contribution in [0.25, 0.3) is 12.2 Å². The van der Waals surface area contributed by atoms with Crippen LogP contribution >= 0.6 is 0 Å². The van der Waals surface area contributed by atoms with Crippen molar-refractivity contribution >= 4 is 23.5 Å². The predicted molar refractivity (Wildman–Crippen MR) is 85.6 cm³/mol. The van der Waals surface area contributed by atoms with Gasteiger partial charge in [0, 0.05) is 25.5 Å². The van der Waals surface area contributed by atoms with E-state index in [-0.39, 0.29) is 0 Å². The van der Waals surface area contributed by atoms with Gasteiger partial charge in [0.15, 0.2) is 0 Å². The van der Waals surface area contributed by atoms with Gasteiger partial charge < -0.3 is 10.6 Å². The van der Waals surface area contributed by atoms with Crippen LogP contribution in [0.1, 0.15) is 16.7 Å². The second-order valence-corrected chi connectivity index (χ2v) is 4.37. The molecular formula is C17H17N3. The third kappa shape index (κ3) is 3.18. The molecule has 0 saturated heterocycles. The summed E-state index contributed by atoms with van der Waals surface area (Å²) in [6.45, 7) is 0. The monoisotopic (exact) mass is 263 g/mol. The van der Waals surface area contributed by atoms with Gasteiger partial charge in [-0.2, -0.15) is 5.26 Å². The summed E-state index contributed by atoms with van der Waals surface area (Å²) in [6.07, 6.45) is 3.97. The van der Waals surface area contributed by atoms with E-state index in [0.29, 0.717) is 5.56 Å². The van der Waals surface area contributed by atoms with Crippen LogP contribution in [-0.2, 0) is 0 Å². The van der Waals surface area contributed by atoms with Gasteiger partial charge in [-0.3, -0.25) is 0 Å². The fraction of sp³-hybridized carbons (Fsp3) is 0.118. The topological polar surface area (TPSA) is 47.8 Å². The zero-order valence-corrected chi connectivity index (χ0v) is 11.6. The normalized spacial score (nSPS) is 10.2. The summed E-state index contributed by atoms with van der Waals surface area (Å²) < 4.78 is 0. The minimum atomic E-state index is 0.667. The van der Waals surface area contributed by atoms with Crippen LogP contribution in [0.15, 0.2) is 42.5 Å². The third-order valence-electron chi connectivity index (χ3n) is 3.12. The van der Waals surface area contributed by atoms with Gasteiger partial charge in [0.05, 0.1) is 11.6 Å².